The molecule has 1 heterocycles. The number of carbonyl (C=O) groups excluding carboxylic acids is 1. The molecule has 2 aromatic rings. The molecule has 162 valence electrons. The minimum absolute atomic E-state index is 0.0904. The highest BCUT2D eigenvalue weighted by Gasteiger charge is 2.21. The summed E-state index contributed by atoms with van der Waals surface area (Å²) < 4.78 is 0. The zero-order valence-corrected chi connectivity index (χ0v) is 18.3. The maximum Gasteiger partial charge on any atom is 0.253 e. The Morgan fingerprint density at radius 3 is 2.43 bits per heavy atom. The lowest BCUT2D eigenvalue weighted by atomic mass is 10.0. The second kappa shape index (κ2) is 11.0. The average molecular weight is 410 g/mol. The SMILES string of the molecule is CCN(CC)C(=O)c1ccc(NCC(CCc2cccc(O)c2)N2CCCC2)cc1. The van der Waals surface area contributed by atoms with Crippen molar-refractivity contribution in [1.29, 1.82) is 0 Å². The molecule has 1 fully saturated rings. The Kier molecular flexibility index (Phi) is 8.14. The van der Waals surface area contributed by atoms with E-state index in [1.165, 1.54) is 18.4 Å². The molecular formula is C25H35N3O2. The van der Waals surface area contributed by atoms with Crippen LogP contribution in [0.15, 0.2) is 48.5 Å². The molecule has 0 saturated carbocycles. The Balaban J connectivity index is 1.58. The van der Waals surface area contributed by atoms with Crippen molar-refractivity contribution < 1.29 is 9.90 Å². The monoisotopic (exact) mass is 409 g/mol. The van der Waals surface area contributed by atoms with Crippen molar-refractivity contribution in [2.75, 3.05) is 38.0 Å². The van der Waals surface area contributed by atoms with E-state index in [1.54, 1.807) is 6.07 Å². The van der Waals surface area contributed by atoms with Gasteiger partial charge in [0, 0.05) is 36.9 Å². The molecular weight excluding hydrogens is 374 g/mol. The van der Waals surface area contributed by atoms with E-state index in [1.807, 2.05) is 55.1 Å². The number of benzene rings is 2. The van der Waals surface area contributed by atoms with Crippen LogP contribution in [-0.2, 0) is 6.42 Å². The second-order valence-electron chi connectivity index (χ2n) is 8.04. The Bertz CT molecular complexity index is 796. The molecule has 0 aromatic heterocycles. The fourth-order valence-electron chi connectivity index (χ4n) is 4.23. The summed E-state index contributed by atoms with van der Waals surface area (Å²) >= 11 is 0. The highest BCUT2D eigenvalue weighted by Crippen LogP contribution is 2.20. The summed E-state index contributed by atoms with van der Waals surface area (Å²) in [6.45, 7) is 8.66. The van der Waals surface area contributed by atoms with Crippen molar-refractivity contribution >= 4 is 11.6 Å². The fraction of sp³-hybridized carbons (Fsp3) is 0.480. The van der Waals surface area contributed by atoms with E-state index in [4.69, 9.17) is 0 Å². The molecule has 2 N–H and O–H groups in total. The van der Waals surface area contributed by atoms with Gasteiger partial charge in [-0.25, -0.2) is 0 Å². The molecule has 1 atom stereocenters. The normalized spacial score (nSPS) is 15.1. The van der Waals surface area contributed by atoms with E-state index in [0.717, 1.165) is 56.8 Å². The maximum atomic E-state index is 12.5. The summed E-state index contributed by atoms with van der Waals surface area (Å²) in [6.07, 6.45) is 4.54. The molecule has 2 aromatic carbocycles. The summed E-state index contributed by atoms with van der Waals surface area (Å²) in [6, 6.07) is 15.9. The van der Waals surface area contributed by atoms with Crippen LogP contribution in [0, 0.1) is 0 Å². The number of rotatable bonds is 10. The number of nitrogens with zero attached hydrogens (tertiary/aromatic N) is 2. The molecule has 1 aliphatic heterocycles. The molecule has 30 heavy (non-hydrogen) atoms. The molecule has 5 heteroatoms. The van der Waals surface area contributed by atoms with Gasteiger partial charge in [-0.15, -0.1) is 0 Å². The van der Waals surface area contributed by atoms with E-state index in [2.05, 4.69) is 16.3 Å². The number of amides is 1. The van der Waals surface area contributed by atoms with E-state index >= 15 is 0 Å². The number of hydrogen-bond donors (Lipinski definition) is 2. The number of phenolic OH excluding ortho intramolecular Hbond substituents is 1. The minimum Gasteiger partial charge on any atom is -0.508 e. The number of nitrogens with one attached hydrogen (secondary N) is 1. The van der Waals surface area contributed by atoms with Gasteiger partial charge in [0.25, 0.3) is 5.91 Å². The van der Waals surface area contributed by atoms with Crippen LogP contribution in [-0.4, -0.2) is 59.6 Å². The third kappa shape index (κ3) is 5.99. The van der Waals surface area contributed by atoms with Crippen LogP contribution in [0.2, 0.25) is 0 Å². The van der Waals surface area contributed by atoms with Gasteiger partial charge < -0.3 is 15.3 Å². The molecule has 1 aliphatic rings. The lowest BCUT2D eigenvalue weighted by Gasteiger charge is -2.28. The zero-order valence-electron chi connectivity index (χ0n) is 18.3. The van der Waals surface area contributed by atoms with Gasteiger partial charge in [0.05, 0.1) is 0 Å². The highest BCUT2D eigenvalue weighted by atomic mass is 16.3. The summed E-state index contributed by atoms with van der Waals surface area (Å²) in [5, 5.41) is 13.3. The van der Waals surface area contributed by atoms with Crippen molar-refractivity contribution in [2.45, 2.75) is 45.6 Å². The Morgan fingerprint density at radius 1 is 1.10 bits per heavy atom. The number of anilines is 1. The van der Waals surface area contributed by atoms with Crippen molar-refractivity contribution in [2.24, 2.45) is 0 Å². The average Bonchev–Trinajstić information content (AvgIpc) is 3.30. The van der Waals surface area contributed by atoms with Gasteiger partial charge in [-0.2, -0.15) is 0 Å². The van der Waals surface area contributed by atoms with Gasteiger partial charge in [-0.3, -0.25) is 9.69 Å². The molecule has 3 rings (SSSR count). The van der Waals surface area contributed by atoms with E-state index in [-0.39, 0.29) is 5.91 Å². The summed E-state index contributed by atoms with van der Waals surface area (Å²) in [7, 11) is 0. The van der Waals surface area contributed by atoms with Crippen LogP contribution in [0.4, 0.5) is 5.69 Å². The highest BCUT2D eigenvalue weighted by molar-refractivity contribution is 5.94. The summed E-state index contributed by atoms with van der Waals surface area (Å²) in [5.41, 5.74) is 2.97. The first-order valence-electron chi connectivity index (χ1n) is 11.3. The number of aryl methyl sites for hydroxylation is 1. The van der Waals surface area contributed by atoms with Crippen molar-refractivity contribution in [3.05, 3.63) is 59.7 Å². The molecule has 1 saturated heterocycles. The number of likely N-dealkylation sites (tertiary alicyclic amines) is 1. The minimum atomic E-state index is 0.0904. The van der Waals surface area contributed by atoms with E-state index in [0.29, 0.717) is 11.8 Å². The standard InChI is InChI=1S/C25H35N3O2/c1-3-27(4-2)25(30)21-11-13-22(14-12-21)26-19-23(28-16-5-6-17-28)15-10-20-8-7-9-24(29)18-20/h7-9,11-14,18,23,26,29H,3-6,10,15-17,19H2,1-2H3. The zero-order chi connectivity index (χ0) is 21.3. The third-order valence-corrected chi connectivity index (χ3v) is 6.06. The second-order valence-corrected chi connectivity index (χ2v) is 8.04. The van der Waals surface area contributed by atoms with Gasteiger partial charge in [0.15, 0.2) is 0 Å². The number of phenols is 1. The molecule has 1 unspecified atom stereocenters. The quantitative estimate of drug-likeness (QED) is 0.611. The van der Waals surface area contributed by atoms with Gasteiger partial charge in [-0.05, 0) is 94.6 Å². The fourth-order valence-corrected chi connectivity index (χ4v) is 4.23. The van der Waals surface area contributed by atoms with Crippen LogP contribution >= 0.6 is 0 Å². The predicted octanol–water partition coefficient (Wildman–Crippen LogP) is 4.38. The molecule has 0 aliphatic carbocycles. The lowest BCUT2D eigenvalue weighted by Crippen LogP contribution is -2.38. The first-order valence-corrected chi connectivity index (χ1v) is 11.3. The summed E-state index contributed by atoms with van der Waals surface area (Å²) in [4.78, 5) is 16.9. The van der Waals surface area contributed by atoms with Crippen LogP contribution in [0.1, 0.15) is 49.0 Å². The maximum absolute atomic E-state index is 12.5. The third-order valence-electron chi connectivity index (χ3n) is 6.06. The molecule has 1 amide bonds. The topological polar surface area (TPSA) is 55.8 Å². The van der Waals surface area contributed by atoms with Crippen LogP contribution < -0.4 is 5.32 Å². The first-order chi connectivity index (χ1) is 14.6. The summed E-state index contributed by atoms with van der Waals surface area (Å²) in [5.74, 6) is 0.426. The number of aromatic hydroxyl groups is 1. The van der Waals surface area contributed by atoms with E-state index in [9.17, 15) is 9.90 Å². The van der Waals surface area contributed by atoms with Gasteiger partial charge in [-0.1, -0.05) is 12.1 Å². The number of hydrogen-bond acceptors (Lipinski definition) is 4. The van der Waals surface area contributed by atoms with Gasteiger partial charge >= 0.3 is 0 Å². The lowest BCUT2D eigenvalue weighted by molar-refractivity contribution is 0.0773. The van der Waals surface area contributed by atoms with E-state index < -0.39 is 0 Å². The Labute approximate surface area is 180 Å². The van der Waals surface area contributed by atoms with Crippen LogP contribution in [0.3, 0.4) is 0 Å². The molecule has 0 bridgehead atoms. The van der Waals surface area contributed by atoms with Crippen LogP contribution in [0.5, 0.6) is 5.75 Å². The first kappa shape index (κ1) is 22.2. The van der Waals surface area contributed by atoms with Gasteiger partial charge in [0.2, 0.25) is 0 Å². The number of carbonyl (C=O) groups is 1. The Hall–Kier alpha value is -2.53. The van der Waals surface area contributed by atoms with Crippen molar-refractivity contribution in [1.82, 2.24) is 9.80 Å². The van der Waals surface area contributed by atoms with Crippen molar-refractivity contribution in [3.63, 3.8) is 0 Å². The molecule has 5 nitrogen and oxygen atoms in total. The van der Waals surface area contributed by atoms with Crippen molar-refractivity contribution in [3.8, 4) is 5.75 Å². The smallest absolute Gasteiger partial charge is 0.253 e. The Morgan fingerprint density at radius 2 is 1.80 bits per heavy atom. The molecule has 0 spiro atoms. The largest absolute Gasteiger partial charge is 0.508 e. The van der Waals surface area contributed by atoms with Crippen LogP contribution in [0.25, 0.3) is 0 Å². The van der Waals surface area contributed by atoms with Gasteiger partial charge in [0.1, 0.15) is 5.75 Å². The predicted molar refractivity (Wildman–Crippen MR) is 123 cm³/mol. The molecule has 0 radical (unpaired) electrons.